The third-order valence-corrected chi connectivity index (χ3v) is 6.69. The lowest BCUT2D eigenvalue weighted by Crippen LogP contribution is -2.33. The number of esters is 1. The Morgan fingerprint density at radius 1 is 0.815 bits per heavy atom. The van der Waals surface area contributed by atoms with Gasteiger partial charge in [-0.1, -0.05) is 42.5 Å². The summed E-state index contributed by atoms with van der Waals surface area (Å²) >= 11 is 3.68. The number of rotatable bonds is 0. The van der Waals surface area contributed by atoms with Gasteiger partial charge in [0.05, 0.1) is 10.0 Å². The fourth-order valence-corrected chi connectivity index (χ4v) is 4.52. The summed E-state index contributed by atoms with van der Waals surface area (Å²) in [6.07, 6.45) is 0. The summed E-state index contributed by atoms with van der Waals surface area (Å²) < 4.78 is 13.4. The molecule has 0 fully saturated rings. The second kappa shape index (κ2) is 5.46. The van der Waals surface area contributed by atoms with Crippen molar-refractivity contribution in [2.75, 3.05) is 0 Å². The third kappa shape index (κ3) is 1.99. The van der Waals surface area contributed by atoms with Crippen molar-refractivity contribution in [2.45, 2.75) is 26.4 Å². The zero-order valence-corrected chi connectivity index (χ0v) is 16.8. The molecule has 134 valence electrons. The number of hydrogen-bond donors (Lipinski definition) is 0. The van der Waals surface area contributed by atoms with Crippen LogP contribution in [0.4, 0.5) is 0 Å². The van der Waals surface area contributed by atoms with Crippen molar-refractivity contribution in [3.63, 3.8) is 0 Å². The van der Waals surface area contributed by atoms with Crippen molar-refractivity contribution >= 4 is 21.9 Å². The molecular weight excluding hydrogens is 404 g/mol. The number of ether oxygens (including phenoxy) is 2. The van der Waals surface area contributed by atoms with E-state index in [1.807, 2.05) is 56.3 Å². The number of aryl methyl sites for hydroxylation is 2. The Morgan fingerprint density at radius 3 is 2.26 bits per heavy atom. The molecule has 3 aromatic carbocycles. The van der Waals surface area contributed by atoms with Gasteiger partial charge in [0.15, 0.2) is 5.60 Å². The zero-order valence-electron chi connectivity index (χ0n) is 15.2. The van der Waals surface area contributed by atoms with Crippen LogP contribution in [-0.4, -0.2) is 5.97 Å². The van der Waals surface area contributed by atoms with E-state index in [4.69, 9.17) is 9.47 Å². The van der Waals surface area contributed by atoms with Crippen molar-refractivity contribution in [3.8, 4) is 11.5 Å². The summed E-state index contributed by atoms with van der Waals surface area (Å²) in [6, 6.07) is 15.7. The van der Waals surface area contributed by atoms with Gasteiger partial charge in [-0.2, -0.15) is 0 Å². The first-order valence-electron chi connectivity index (χ1n) is 8.86. The predicted molar refractivity (Wildman–Crippen MR) is 107 cm³/mol. The standard InChI is InChI=1S/C23H17BrO3/c1-12-8-10-17-20(14(12)3)26-21-18(11-9-13(2)19(21)24)23(17)16-7-5-4-6-15(16)22(25)27-23/h4-11H,1-3H3. The van der Waals surface area contributed by atoms with Crippen LogP contribution in [0.1, 0.15) is 43.7 Å². The van der Waals surface area contributed by atoms with E-state index in [-0.39, 0.29) is 5.97 Å². The molecule has 0 radical (unpaired) electrons. The van der Waals surface area contributed by atoms with E-state index < -0.39 is 5.60 Å². The highest BCUT2D eigenvalue weighted by Crippen LogP contribution is 2.58. The Morgan fingerprint density at radius 2 is 1.48 bits per heavy atom. The van der Waals surface area contributed by atoms with Gasteiger partial charge in [0.25, 0.3) is 0 Å². The summed E-state index contributed by atoms with van der Waals surface area (Å²) in [7, 11) is 0. The Labute approximate surface area is 166 Å². The van der Waals surface area contributed by atoms with E-state index in [0.717, 1.165) is 43.6 Å². The molecule has 3 aromatic rings. The molecule has 2 heterocycles. The maximum Gasteiger partial charge on any atom is 0.340 e. The Kier molecular flexibility index (Phi) is 3.35. The first-order chi connectivity index (χ1) is 12.9. The van der Waals surface area contributed by atoms with Gasteiger partial charge in [-0.15, -0.1) is 0 Å². The van der Waals surface area contributed by atoms with Crippen LogP contribution >= 0.6 is 15.9 Å². The molecule has 0 saturated carbocycles. The van der Waals surface area contributed by atoms with Crippen LogP contribution < -0.4 is 4.74 Å². The van der Waals surface area contributed by atoms with Crippen molar-refractivity contribution < 1.29 is 14.3 Å². The Bertz CT molecular complexity index is 1090. The van der Waals surface area contributed by atoms with E-state index in [1.165, 1.54) is 0 Å². The van der Waals surface area contributed by atoms with Crippen LogP contribution in [0.3, 0.4) is 0 Å². The van der Waals surface area contributed by atoms with E-state index in [1.54, 1.807) is 0 Å². The Balaban J connectivity index is 1.96. The van der Waals surface area contributed by atoms with Gasteiger partial charge in [0, 0.05) is 16.7 Å². The lowest BCUT2D eigenvalue weighted by atomic mass is 9.76. The predicted octanol–water partition coefficient (Wildman–Crippen LogP) is 5.94. The zero-order chi connectivity index (χ0) is 18.9. The van der Waals surface area contributed by atoms with E-state index in [9.17, 15) is 4.79 Å². The lowest BCUT2D eigenvalue weighted by Gasteiger charge is -2.38. The number of fused-ring (bicyclic) bond motifs is 6. The first kappa shape index (κ1) is 16.6. The van der Waals surface area contributed by atoms with E-state index in [2.05, 4.69) is 28.9 Å². The fraction of sp³-hybridized carbons (Fsp3) is 0.174. The largest absolute Gasteiger partial charge is 0.455 e. The SMILES string of the molecule is Cc1ccc2c(c1C)Oc1c(ccc(C)c1Br)C21OC(=O)c2ccccc21. The minimum Gasteiger partial charge on any atom is -0.455 e. The van der Waals surface area contributed by atoms with Crippen molar-refractivity contribution in [3.05, 3.63) is 91.9 Å². The average Bonchev–Trinajstić information content (AvgIpc) is 2.96. The highest BCUT2D eigenvalue weighted by atomic mass is 79.9. The number of hydrogen-bond acceptors (Lipinski definition) is 3. The summed E-state index contributed by atoms with van der Waals surface area (Å²) in [5.41, 5.74) is 5.42. The van der Waals surface area contributed by atoms with Gasteiger partial charge in [0.1, 0.15) is 11.5 Å². The minimum atomic E-state index is -0.995. The molecule has 1 spiro atoms. The maximum absolute atomic E-state index is 12.8. The molecule has 0 aliphatic carbocycles. The molecule has 1 atom stereocenters. The molecule has 2 aliphatic rings. The highest BCUT2D eigenvalue weighted by Gasteiger charge is 2.54. The molecule has 27 heavy (non-hydrogen) atoms. The summed E-state index contributed by atoms with van der Waals surface area (Å²) in [4.78, 5) is 12.8. The highest BCUT2D eigenvalue weighted by molar-refractivity contribution is 9.10. The van der Waals surface area contributed by atoms with Gasteiger partial charge < -0.3 is 9.47 Å². The molecule has 0 aromatic heterocycles. The average molecular weight is 421 g/mol. The van der Waals surface area contributed by atoms with Gasteiger partial charge >= 0.3 is 5.97 Å². The molecule has 4 heteroatoms. The normalized spacial score (nSPS) is 19.2. The molecule has 0 saturated heterocycles. The van der Waals surface area contributed by atoms with Crippen LogP contribution in [0.15, 0.2) is 53.0 Å². The Hall–Kier alpha value is -2.59. The van der Waals surface area contributed by atoms with Crippen LogP contribution in [-0.2, 0) is 10.3 Å². The van der Waals surface area contributed by atoms with E-state index >= 15 is 0 Å². The monoisotopic (exact) mass is 420 g/mol. The van der Waals surface area contributed by atoms with Gasteiger partial charge in [-0.05, 0) is 59.5 Å². The number of carbonyl (C=O) groups is 1. The minimum absolute atomic E-state index is 0.306. The molecule has 0 bridgehead atoms. The van der Waals surface area contributed by atoms with Gasteiger partial charge in [-0.3, -0.25) is 0 Å². The van der Waals surface area contributed by atoms with Crippen LogP contribution in [0.5, 0.6) is 11.5 Å². The second-order valence-corrected chi connectivity index (χ2v) is 7.97. The quantitative estimate of drug-likeness (QED) is 0.422. The van der Waals surface area contributed by atoms with E-state index in [0.29, 0.717) is 11.3 Å². The van der Waals surface area contributed by atoms with Crippen molar-refractivity contribution in [2.24, 2.45) is 0 Å². The topological polar surface area (TPSA) is 35.5 Å². The van der Waals surface area contributed by atoms with Crippen LogP contribution in [0.25, 0.3) is 0 Å². The fourth-order valence-electron chi connectivity index (χ4n) is 4.09. The molecule has 0 amide bonds. The number of carbonyl (C=O) groups excluding carboxylic acids is 1. The van der Waals surface area contributed by atoms with Crippen molar-refractivity contribution in [1.82, 2.24) is 0 Å². The second-order valence-electron chi connectivity index (χ2n) is 7.18. The number of halogens is 1. The smallest absolute Gasteiger partial charge is 0.340 e. The molecule has 2 aliphatic heterocycles. The van der Waals surface area contributed by atoms with Gasteiger partial charge in [0.2, 0.25) is 0 Å². The maximum atomic E-state index is 12.8. The summed E-state index contributed by atoms with van der Waals surface area (Å²) in [5, 5.41) is 0. The number of benzene rings is 3. The lowest BCUT2D eigenvalue weighted by molar-refractivity contribution is 0.0223. The molecule has 0 N–H and O–H groups in total. The van der Waals surface area contributed by atoms with Crippen LogP contribution in [0.2, 0.25) is 0 Å². The summed E-state index contributed by atoms with van der Waals surface area (Å²) in [6.45, 7) is 6.12. The molecular formula is C23H17BrO3. The van der Waals surface area contributed by atoms with Gasteiger partial charge in [-0.25, -0.2) is 4.79 Å². The van der Waals surface area contributed by atoms with Crippen LogP contribution in [0, 0.1) is 20.8 Å². The molecule has 1 unspecified atom stereocenters. The summed E-state index contributed by atoms with van der Waals surface area (Å²) in [5.74, 6) is 1.17. The third-order valence-electron chi connectivity index (χ3n) is 5.70. The van der Waals surface area contributed by atoms with Crippen molar-refractivity contribution in [1.29, 1.82) is 0 Å². The molecule has 5 rings (SSSR count). The molecule has 3 nitrogen and oxygen atoms in total. The first-order valence-corrected chi connectivity index (χ1v) is 9.65.